The first-order valence-corrected chi connectivity index (χ1v) is 6.52. The van der Waals surface area contributed by atoms with E-state index in [0.29, 0.717) is 16.7 Å². The maximum absolute atomic E-state index is 11.3. The third kappa shape index (κ3) is 2.76. The number of nitrogens with zero attached hydrogens (tertiary/aromatic N) is 2. The molecule has 2 aromatic carbocycles. The minimum Gasteiger partial charge on any atom is -0.438 e. The van der Waals surface area contributed by atoms with Gasteiger partial charge in [0, 0.05) is 5.39 Å². The number of carbonyl (C=O) groups is 1. The van der Waals surface area contributed by atoms with E-state index in [4.69, 9.17) is 15.6 Å². The molecule has 0 fully saturated rings. The average molecular weight is 292 g/mol. The van der Waals surface area contributed by atoms with Gasteiger partial charge in [0.2, 0.25) is 5.55 Å². The minimum absolute atomic E-state index is 0.0321. The molecule has 22 heavy (non-hydrogen) atoms. The molecule has 0 atom stereocenters. The van der Waals surface area contributed by atoms with Gasteiger partial charge in [-0.25, -0.2) is 0 Å². The Morgan fingerprint density at radius 3 is 2.45 bits per heavy atom. The van der Waals surface area contributed by atoms with E-state index >= 15 is 0 Å². The minimum atomic E-state index is -0.702. The van der Waals surface area contributed by atoms with Gasteiger partial charge in [-0.05, 0) is 36.4 Å². The highest BCUT2D eigenvalue weighted by Gasteiger charge is 2.08. The van der Waals surface area contributed by atoms with Crippen LogP contribution in [0, 0.1) is 5.41 Å². The smallest absolute Gasteiger partial charge is 0.254 e. The standard InChI is InChI=1S/C16H12N4O2/c17-15(21)13-9-10-8-12(6-7-14(10)22-16(13)18)20-19-11-4-2-1-3-5-11/h1-9,18H,(H2,17,21). The highest BCUT2D eigenvalue weighted by Crippen LogP contribution is 2.23. The SMILES string of the molecule is N=c1oc2ccc(N=Nc3ccccc3)cc2cc1C(N)=O. The molecule has 0 aliphatic heterocycles. The van der Waals surface area contributed by atoms with E-state index in [9.17, 15) is 4.79 Å². The third-order valence-electron chi connectivity index (χ3n) is 3.05. The van der Waals surface area contributed by atoms with Gasteiger partial charge in [-0.15, -0.1) is 0 Å². The number of carbonyl (C=O) groups excluding carboxylic acids is 1. The molecule has 0 bridgehead atoms. The molecule has 3 N–H and O–H groups in total. The average Bonchev–Trinajstić information content (AvgIpc) is 2.53. The lowest BCUT2D eigenvalue weighted by molar-refractivity contribution is 0.0996. The molecule has 3 rings (SSSR count). The van der Waals surface area contributed by atoms with E-state index in [1.165, 1.54) is 6.07 Å². The molecule has 1 amide bonds. The maximum Gasteiger partial charge on any atom is 0.254 e. The van der Waals surface area contributed by atoms with Gasteiger partial charge >= 0.3 is 0 Å². The lowest BCUT2D eigenvalue weighted by atomic mass is 10.1. The first kappa shape index (κ1) is 13.7. The van der Waals surface area contributed by atoms with Crippen LogP contribution >= 0.6 is 0 Å². The Hall–Kier alpha value is -3.28. The lowest BCUT2D eigenvalue weighted by Gasteiger charge is -2.01. The lowest BCUT2D eigenvalue weighted by Crippen LogP contribution is -2.20. The molecular weight excluding hydrogens is 280 g/mol. The predicted molar refractivity (Wildman–Crippen MR) is 81.2 cm³/mol. The molecule has 0 saturated carbocycles. The summed E-state index contributed by atoms with van der Waals surface area (Å²) in [5, 5.41) is 16.5. The van der Waals surface area contributed by atoms with Crippen molar-refractivity contribution in [2.75, 3.05) is 0 Å². The third-order valence-corrected chi connectivity index (χ3v) is 3.05. The Kier molecular flexibility index (Phi) is 3.49. The predicted octanol–water partition coefficient (Wildman–Crippen LogP) is 3.43. The van der Waals surface area contributed by atoms with E-state index in [2.05, 4.69) is 10.2 Å². The summed E-state index contributed by atoms with van der Waals surface area (Å²) >= 11 is 0. The topological polar surface area (TPSA) is 105 Å². The van der Waals surface area contributed by atoms with Crippen molar-refractivity contribution >= 4 is 28.3 Å². The summed E-state index contributed by atoms with van der Waals surface area (Å²) in [7, 11) is 0. The number of primary amides is 1. The zero-order valence-electron chi connectivity index (χ0n) is 11.5. The van der Waals surface area contributed by atoms with Crippen LogP contribution in [-0.2, 0) is 0 Å². The largest absolute Gasteiger partial charge is 0.438 e. The fraction of sp³-hybridized carbons (Fsp3) is 0. The Morgan fingerprint density at radius 1 is 1.00 bits per heavy atom. The van der Waals surface area contributed by atoms with Crippen molar-refractivity contribution in [2.24, 2.45) is 16.0 Å². The molecule has 3 aromatic rings. The summed E-state index contributed by atoms with van der Waals surface area (Å²) in [6, 6.07) is 16.0. The van der Waals surface area contributed by atoms with Crippen LogP contribution < -0.4 is 11.3 Å². The molecule has 0 radical (unpaired) electrons. The number of nitrogens with two attached hydrogens (primary N) is 1. The van der Waals surface area contributed by atoms with Gasteiger partial charge in [0.25, 0.3) is 5.91 Å². The Labute approximate surface area is 125 Å². The molecule has 6 nitrogen and oxygen atoms in total. The van der Waals surface area contributed by atoms with Gasteiger partial charge in [0.1, 0.15) is 11.1 Å². The van der Waals surface area contributed by atoms with Crippen LogP contribution in [0.3, 0.4) is 0 Å². The van der Waals surface area contributed by atoms with Gasteiger partial charge < -0.3 is 10.2 Å². The number of fused-ring (bicyclic) bond motifs is 1. The molecule has 0 aliphatic rings. The molecule has 1 heterocycles. The molecule has 6 heteroatoms. The summed E-state index contributed by atoms with van der Waals surface area (Å²) < 4.78 is 5.27. The highest BCUT2D eigenvalue weighted by atomic mass is 16.3. The zero-order chi connectivity index (χ0) is 15.5. The van der Waals surface area contributed by atoms with Gasteiger partial charge in [-0.1, -0.05) is 18.2 Å². The van der Waals surface area contributed by atoms with Gasteiger partial charge in [-0.2, -0.15) is 10.2 Å². The molecule has 1 aromatic heterocycles. The van der Waals surface area contributed by atoms with Crippen LogP contribution in [0.1, 0.15) is 10.4 Å². The number of rotatable bonds is 3. The van der Waals surface area contributed by atoms with Gasteiger partial charge in [-0.3, -0.25) is 10.2 Å². The van der Waals surface area contributed by atoms with Crippen molar-refractivity contribution in [3.63, 3.8) is 0 Å². The quantitative estimate of drug-likeness (QED) is 0.722. The molecule has 0 unspecified atom stereocenters. The first-order chi connectivity index (χ1) is 10.6. The Balaban J connectivity index is 2.02. The van der Waals surface area contributed by atoms with E-state index in [1.54, 1.807) is 18.2 Å². The Morgan fingerprint density at radius 2 is 1.73 bits per heavy atom. The van der Waals surface area contributed by atoms with Crippen molar-refractivity contribution in [1.29, 1.82) is 5.41 Å². The zero-order valence-corrected chi connectivity index (χ0v) is 11.5. The second-order valence-electron chi connectivity index (χ2n) is 4.61. The normalized spacial score (nSPS) is 11.1. The molecule has 0 aliphatic carbocycles. The number of azo groups is 1. The van der Waals surface area contributed by atoms with Crippen LogP contribution in [0.2, 0.25) is 0 Å². The maximum atomic E-state index is 11.3. The second-order valence-corrected chi connectivity index (χ2v) is 4.61. The van der Waals surface area contributed by atoms with Crippen LogP contribution in [0.5, 0.6) is 0 Å². The summed E-state index contributed by atoms with van der Waals surface area (Å²) in [6.45, 7) is 0. The first-order valence-electron chi connectivity index (χ1n) is 6.52. The number of hydrogen-bond donors (Lipinski definition) is 2. The number of benzene rings is 2. The van der Waals surface area contributed by atoms with E-state index < -0.39 is 5.91 Å². The molecular formula is C16H12N4O2. The van der Waals surface area contributed by atoms with Crippen LogP contribution in [0.15, 0.2) is 69.2 Å². The monoisotopic (exact) mass is 292 g/mol. The van der Waals surface area contributed by atoms with Crippen molar-refractivity contribution in [2.45, 2.75) is 0 Å². The van der Waals surface area contributed by atoms with Crippen molar-refractivity contribution in [1.82, 2.24) is 0 Å². The van der Waals surface area contributed by atoms with Crippen LogP contribution in [0.4, 0.5) is 11.4 Å². The molecule has 0 spiro atoms. The second kappa shape index (κ2) is 5.61. The van der Waals surface area contributed by atoms with Crippen molar-refractivity contribution in [3.05, 3.63) is 65.7 Å². The van der Waals surface area contributed by atoms with E-state index in [0.717, 1.165) is 5.69 Å². The number of nitrogens with one attached hydrogen (secondary N) is 1. The van der Waals surface area contributed by atoms with Gasteiger partial charge in [0.15, 0.2) is 0 Å². The molecule has 108 valence electrons. The molecule has 0 saturated heterocycles. The van der Waals surface area contributed by atoms with E-state index in [1.807, 2.05) is 30.3 Å². The summed E-state index contributed by atoms with van der Waals surface area (Å²) in [4.78, 5) is 11.3. The fourth-order valence-corrected chi connectivity index (χ4v) is 1.98. The summed E-state index contributed by atoms with van der Waals surface area (Å²) in [5.74, 6) is -0.702. The van der Waals surface area contributed by atoms with Crippen molar-refractivity contribution < 1.29 is 9.21 Å². The van der Waals surface area contributed by atoms with Crippen LogP contribution in [-0.4, -0.2) is 5.91 Å². The van der Waals surface area contributed by atoms with Crippen molar-refractivity contribution in [3.8, 4) is 0 Å². The summed E-state index contributed by atoms with van der Waals surface area (Å²) in [5.41, 5.74) is 6.83. The fourth-order valence-electron chi connectivity index (χ4n) is 1.98. The summed E-state index contributed by atoms with van der Waals surface area (Å²) in [6.07, 6.45) is 0. The Bertz CT molecular complexity index is 930. The number of amides is 1. The van der Waals surface area contributed by atoms with Gasteiger partial charge in [0.05, 0.1) is 11.4 Å². The van der Waals surface area contributed by atoms with E-state index in [-0.39, 0.29) is 11.1 Å². The highest BCUT2D eigenvalue weighted by molar-refractivity contribution is 5.95. The number of hydrogen-bond acceptors (Lipinski definition) is 5. The van der Waals surface area contributed by atoms with Crippen LogP contribution in [0.25, 0.3) is 11.0 Å².